The number of nitrogens with one attached hydrogen (secondary N) is 1. The van der Waals surface area contributed by atoms with Crippen molar-refractivity contribution in [2.75, 3.05) is 19.6 Å². The predicted molar refractivity (Wildman–Crippen MR) is 101 cm³/mol. The fraction of sp³-hybridized carbons (Fsp3) is 0.400. The lowest BCUT2D eigenvalue weighted by Gasteiger charge is -2.41. The third-order valence-corrected chi connectivity index (χ3v) is 6.37. The van der Waals surface area contributed by atoms with Crippen LogP contribution in [-0.4, -0.2) is 41.9 Å². The number of carbonyl (C=O) groups excluding carboxylic acids is 2. The average Bonchev–Trinajstić information content (AvgIpc) is 2.91. The van der Waals surface area contributed by atoms with E-state index in [9.17, 15) is 9.59 Å². The van der Waals surface area contributed by atoms with Crippen molar-refractivity contribution in [1.29, 1.82) is 0 Å². The fourth-order valence-electron chi connectivity index (χ4n) is 3.68. The Hall–Kier alpha value is -2.34. The van der Waals surface area contributed by atoms with Gasteiger partial charge < -0.3 is 15.0 Å². The summed E-state index contributed by atoms with van der Waals surface area (Å²) >= 11 is 1.54. The van der Waals surface area contributed by atoms with Gasteiger partial charge in [0.15, 0.2) is 0 Å². The molecule has 1 aromatic heterocycles. The van der Waals surface area contributed by atoms with Gasteiger partial charge >= 0.3 is 0 Å². The first-order valence-electron chi connectivity index (χ1n) is 8.90. The minimum absolute atomic E-state index is 0.0535. The third-order valence-electron chi connectivity index (χ3n) is 5.23. The second-order valence-corrected chi connectivity index (χ2v) is 8.40. The largest absolute Gasteiger partial charge is 0.483 e. The van der Waals surface area contributed by atoms with Crippen LogP contribution in [0.15, 0.2) is 30.3 Å². The summed E-state index contributed by atoms with van der Waals surface area (Å²) in [5, 5.41) is 2.97. The maximum Gasteiger partial charge on any atom is 0.264 e. The van der Waals surface area contributed by atoms with Crippen LogP contribution in [0, 0.1) is 13.8 Å². The van der Waals surface area contributed by atoms with E-state index in [1.165, 1.54) is 4.88 Å². The van der Waals surface area contributed by atoms with E-state index in [0.717, 1.165) is 29.8 Å². The predicted octanol–water partition coefficient (Wildman–Crippen LogP) is 3.16. The number of rotatable bonds is 1. The molecule has 0 unspecified atom stereocenters. The summed E-state index contributed by atoms with van der Waals surface area (Å²) in [5.74, 6) is 0.530. The van der Waals surface area contributed by atoms with E-state index in [1.807, 2.05) is 43.0 Å². The Balaban J connectivity index is 1.60. The molecule has 136 valence electrons. The van der Waals surface area contributed by atoms with Crippen LogP contribution < -0.4 is 10.1 Å². The monoisotopic (exact) mass is 370 g/mol. The van der Waals surface area contributed by atoms with Crippen molar-refractivity contribution in [3.63, 3.8) is 0 Å². The topological polar surface area (TPSA) is 58.6 Å². The summed E-state index contributed by atoms with van der Waals surface area (Å²) in [6, 6.07) is 9.27. The molecule has 1 saturated heterocycles. The molecule has 1 spiro atoms. The highest BCUT2D eigenvalue weighted by Crippen LogP contribution is 2.33. The molecule has 0 bridgehead atoms. The molecule has 0 aliphatic carbocycles. The standard InChI is InChI=1S/C20H22N2O3S/c1-13-10-17(26-14(13)2)19(24)22-9-5-8-20(12-22)11-21-18(23)15-6-3-4-7-16(15)25-20/h3-4,6-7,10H,5,8-9,11-12H2,1-2H3,(H,21,23)/t20-/m1/s1. The van der Waals surface area contributed by atoms with E-state index >= 15 is 0 Å². The van der Waals surface area contributed by atoms with Crippen LogP contribution >= 0.6 is 11.3 Å². The molecule has 0 radical (unpaired) electrons. The summed E-state index contributed by atoms with van der Waals surface area (Å²) in [5.41, 5.74) is 1.13. The second-order valence-electron chi connectivity index (χ2n) is 7.14. The molecule has 1 atom stereocenters. The van der Waals surface area contributed by atoms with Crippen molar-refractivity contribution in [2.45, 2.75) is 32.3 Å². The zero-order chi connectivity index (χ0) is 18.3. The summed E-state index contributed by atoms with van der Waals surface area (Å²) in [6.45, 7) is 5.68. The van der Waals surface area contributed by atoms with Crippen molar-refractivity contribution in [3.8, 4) is 5.75 Å². The highest BCUT2D eigenvalue weighted by molar-refractivity contribution is 7.14. The minimum Gasteiger partial charge on any atom is -0.483 e. The van der Waals surface area contributed by atoms with Crippen molar-refractivity contribution in [2.24, 2.45) is 0 Å². The number of hydrogen-bond acceptors (Lipinski definition) is 4. The molecule has 6 heteroatoms. The fourth-order valence-corrected chi connectivity index (χ4v) is 4.68. The number of piperidine rings is 1. The van der Waals surface area contributed by atoms with Gasteiger partial charge in [-0.1, -0.05) is 12.1 Å². The number of benzene rings is 1. The molecule has 0 saturated carbocycles. The molecule has 2 aliphatic heterocycles. The van der Waals surface area contributed by atoms with Crippen LogP contribution in [0.3, 0.4) is 0 Å². The van der Waals surface area contributed by atoms with Crippen molar-refractivity contribution in [1.82, 2.24) is 10.2 Å². The molecular weight excluding hydrogens is 348 g/mol. The SMILES string of the molecule is Cc1cc(C(=O)N2CCC[C@@]3(CNC(=O)c4ccccc4O3)C2)sc1C. The molecule has 2 aromatic rings. The molecule has 1 aromatic carbocycles. The summed E-state index contributed by atoms with van der Waals surface area (Å²) in [4.78, 5) is 29.1. The summed E-state index contributed by atoms with van der Waals surface area (Å²) in [6.07, 6.45) is 1.67. The molecule has 2 aliphatic rings. The quantitative estimate of drug-likeness (QED) is 0.839. The first kappa shape index (κ1) is 17.1. The number of ether oxygens (including phenoxy) is 1. The molecule has 1 N–H and O–H groups in total. The van der Waals surface area contributed by atoms with Gasteiger partial charge in [-0.05, 0) is 50.5 Å². The van der Waals surface area contributed by atoms with Crippen LogP contribution in [-0.2, 0) is 0 Å². The molecule has 26 heavy (non-hydrogen) atoms. The van der Waals surface area contributed by atoms with Crippen LogP contribution in [0.5, 0.6) is 5.75 Å². The Kier molecular flexibility index (Phi) is 4.23. The highest BCUT2D eigenvalue weighted by Gasteiger charge is 2.42. The Morgan fingerprint density at radius 1 is 1.31 bits per heavy atom. The Morgan fingerprint density at radius 2 is 2.12 bits per heavy atom. The van der Waals surface area contributed by atoms with E-state index in [1.54, 1.807) is 17.4 Å². The van der Waals surface area contributed by atoms with Gasteiger partial charge in [0.1, 0.15) is 11.4 Å². The van der Waals surface area contributed by atoms with E-state index in [-0.39, 0.29) is 11.8 Å². The highest BCUT2D eigenvalue weighted by atomic mass is 32.1. The Morgan fingerprint density at radius 3 is 2.88 bits per heavy atom. The summed E-state index contributed by atoms with van der Waals surface area (Å²) in [7, 11) is 0. The molecule has 5 nitrogen and oxygen atoms in total. The van der Waals surface area contributed by atoms with Gasteiger partial charge in [0.25, 0.3) is 11.8 Å². The number of para-hydroxylation sites is 1. The van der Waals surface area contributed by atoms with E-state index in [4.69, 9.17) is 4.74 Å². The van der Waals surface area contributed by atoms with E-state index in [0.29, 0.717) is 24.4 Å². The first-order valence-corrected chi connectivity index (χ1v) is 9.72. The van der Waals surface area contributed by atoms with Gasteiger partial charge in [0.05, 0.1) is 23.5 Å². The van der Waals surface area contributed by atoms with Gasteiger partial charge in [-0.15, -0.1) is 11.3 Å². The maximum atomic E-state index is 13.0. The first-order chi connectivity index (χ1) is 12.5. The van der Waals surface area contributed by atoms with Crippen molar-refractivity contribution >= 4 is 23.2 Å². The van der Waals surface area contributed by atoms with Crippen LogP contribution in [0.2, 0.25) is 0 Å². The van der Waals surface area contributed by atoms with Crippen LogP contribution in [0.4, 0.5) is 0 Å². The minimum atomic E-state index is -0.572. The smallest absolute Gasteiger partial charge is 0.264 e. The van der Waals surface area contributed by atoms with Crippen molar-refractivity contribution < 1.29 is 14.3 Å². The van der Waals surface area contributed by atoms with Gasteiger partial charge in [-0.25, -0.2) is 0 Å². The van der Waals surface area contributed by atoms with Gasteiger partial charge in [0, 0.05) is 11.4 Å². The Labute approximate surface area is 157 Å². The van der Waals surface area contributed by atoms with E-state index in [2.05, 4.69) is 5.32 Å². The number of hydrogen-bond donors (Lipinski definition) is 1. The number of carbonyl (C=O) groups is 2. The zero-order valence-electron chi connectivity index (χ0n) is 15.0. The number of likely N-dealkylation sites (tertiary alicyclic amines) is 1. The molecule has 1 fully saturated rings. The second kappa shape index (κ2) is 6.43. The average molecular weight is 370 g/mol. The van der Waals surface area contributed by atoms with Crippen LogP contribution in [0.1, 0.15) is 43.3 Å². The molecule has 3 heterocycles. The molecule has 2 amide bonds. The number of thiophene rings is 1. The number of nitrogens with zero attached hydrogens (tertiary/aromatic N) is 1. The number of fused-ring (bicyclic) bond motifs is 1. The zero-order valence-corrected chi connectivity index (χ0v) is 15.8. The molecular formula is C20H22N2O3S. The van der Waals surface area contributed by atoms with Gasteiger partial charge in [-0.2, -0.15) is 0 Å². The normalized spacial score (nSPS) is 22.4. The number of amides is 2. The lowest BCUT2D eigenvalue weighted by Crippen LogP contribution is -2.57. The van der Waals surface area contributed by atoms with Gasteiger partial charge in [0.2, 0.25) is 0 Å². The maximum absolute atomic E-state index is 13.0. The van der Waals surface area contributed by atoms with Crippen LogP contribution in [0.25, 0.3) is 0 Å². The lowest BCUT2D eigenvalue weighted by molar-refractivity contribution is -0.000668. The third kappa shape index (κ3) is 2.98. The van der Waals surface area contributed by atoms with Gasteiger partial charge in [-0.3, -0.25) is 9.59 Å². The van der Waals surface area contributed by atoms with Crippen molar-refractivity contribution in [3.05, 3.63) is 51.2 Å². The lowest BCUT2D eigenvalue weighted by atomic mass is 9.92. The summed E-state index contributed by atoms with van der Waals surface area (Å²) < 4.78 is 6.33. The van der Waals surface area contributed by atoms with E-state index < -0.39 is 5.60 Å². The number of aryl methyl sites for hydroxylation is 2. The Bertz CT molecular complexity index is 856. The molecule has 4 rings (SSSR count).